The molecule has 0 saturated carbocycles. The van der Waals surface area contributed by atoms with E-state index in [1.807, 2.05) is 23.9 Å². The Morgan fingerprint density at radius 1 is 1.00 bits per heavy atom. The zero-order valence-corrected chi connectivity index (χ0v) is 10.8. The largest absolute Gasteiger partial charge is 0.118 e. The van der Waals surface area contributed by atoms with E-state index in [2.05, 4.69) is 62.0 Å². The van der Waals surface area contributed by atoms with Crippen LogP contribution in [0.15, 0.2) is 66.1 Å². The maximum atomic E-state index is 3.87. The monoisotopic (exact) mass is 240 g/mol. The van der Waals surface area contributed by atoms with Gasteiger partial charge in [-0.3, -0.25) is 0 Å². The van der Waals surface area contributed by atoms with E-state index in [9.17, 15) is 0 Å². The van der Waals surface area contributed by atoms with Gasteiger partial charge >= 0.3 is 0 Å². The van der Waals surface area contributed by atoms with Crippen LogP contribution in [0, 0.1) is 0 Å². The lowest BCUT2D eigenvalue weighted by Crippen LogP contribution is -1.91. The fourth-order valence-electron chi connectivity index (χ4n) is 1.83. The fraction of sp³-hybridized carbons (Fsp3) is 0.125. The molecule has 2 rings (SSSR count). The lowest BCUT2D eigenvalue weighted by atomic mass is 10.1. The van der Waals surface area contributed by atoms with E-state index in [0.717, 1.165) is 0 Å². The Labute approximate surface area is 107 Å². The van der Waals surface area contributed by atoms with Crippen molar-refractivity contribution < 1.29 is 0 Å². The molecule has 0 amide bonds. The first-order chi connectivity index (χ1) is 8.31. The third-order valence-corrected chi connectivity index (χ3v) is 3.86. The molecule has 0 aliphatic rings. The molecule has 0 saturated heterocycles. The molecule has 17 heavy (non-hydrogen) atoms. The highest BCUT2D eigenvalue weighted by Gasteiger charge is 2.09. The summed E-state index contributed by atoms with van der Waals surface area (Å²) in [5.74, 6) is 0. The van der Waals surface area contributed by atoms with E-state index in [1.165, 1.54) is 16.0 Å². The van der Waals surface area contributed by atoms with Gasteiger partial charge in [-0.05, 0) is 30.2 Å². The summed E-state index contributed by atoms with van der Waals surface area (Å²) in [6.45, 7) is 6.11. The first-order valence-electron chi connectivity index (χ1n) is 5.74. The lowest BCUT2D eigenvalue weighted by Gasteiger charge is -2.14. The summed E-state index contributed by atoms with van der Waals surface area (Å²) < 4.78 is 0. The Balaban J connectivity index is 2.20. The molecular formula is C16H16S. The molecule has 0 bridgehead atoms. The Morgan fingerprint density at radius 3 is 2.35 bits per heavy atom. The standard InChI is InChI=1S/C16H16S/c1-3-14-9-7-8-12-16(14)13(2)17-15-10-5-4-6-11-15/h3-13H,1H2,2H3. The van der Waals surface area contributed by atoms with Gasteiger partial charge in [-0.1, -0.05) is 55.1 Å². The van der Waals surface area contributed by atoms with Crippen molar-refractivity contribution in [2.45, 2.75) is 17.1 Å². The van der Waals surface area contributed by atoms with Gasteiger partial charge in [-0.15, -0.1) is 11.8 Å². The van der Waals surface area contributed by atoms with Crippen molar-refractivity contribution in [1.82, 2.24) is 0 Å². The van der Waals surface area contributed by atoms with Crippen molar-refractivity contribution in [3.05, 3.63) is 72.3 Å². The van der Waals surface area contributed by atoms with Gasteiger partial charge in [0, 0.05) is 10.1 Å². The van der Waals surface area contributed by atoms with Crippen molar-refractivity contribution in [2.24, 2.45) is 0 Å². The molecule has 86 valence electrons. The quantitative estimate of drug-likeness (QED) is 0.663. The predicted octanol–water partition coefficient (Wildman–Crippen LogP) is 5.18. The number of benzene rings is 2. The highest BCUT2D eigenvalue weighted by Crippen LogP contribution is 2.36. The van der Waals surface area contributed by atoms with Gasteiger partial charge in [0.05, 0.1) is 0 Å². The van der Waals surface area contributed by atoms with E-state index < -0.39 is 0 Å². The summed E-state index contributed by atoms with van der Waals surface area (Å²) in [6, 6.07) is 18.9. The Morgan fingerprint density at radius 2 is 1.65 bits per heavy atom. The molecule has 2 aromatic carbocycles. The second kappa shape index (κ2) is 5.74. The van der Waals surface area contributed by atoms with Crippen LogP contribution in [0.5, 0.6) is 0 Å². The maximum Gasteiger partial charge on any atom is 0.0322 e. The molecule has 2 aromatic rings. The molecule has 0 radical (unpaired) electrons. The van der Waals surface area contributed by atoms with Gasteiger partial charge in [0.2, 0.25) is 0 Å². The maximum absolute atomic E-state index is 3.87. The molecule has 0 nitrogen and oxygen atoms in total. The Bertz CT molecular complexity index is 488. The minimum Gasteiger partial charge on any atom is -0.118 e. The van der Waals surface area contributed by atoms with E-state index in [-0.39, 0.29) is 0 Å². The second-order valence-corrected chi connectivity index (χ2v) is 5.32. The highest BCUT2D eigenvalue weighted by molar-refractivity contribution is 7.99. The summed E-state index contributed by atoms with van der Waals surface area (Å²) in [7, 11) is 0. The summed E-state index contributed by atoms with van der Waals surface area (Å²) in [6.07, 6.45) is 1.93. The van der Waals surface area contributed by atoms with Gasteiger partial charge < -0.3 is 0 Å². The average Bonchev–Trinajstić information content (AvgIpc) is 2.40. The molecule has 0 fully saturated rings. The SMILES string of the molecule is C=Cc1ccccc1C(C)Sc1ccccc1. The van der Waals surface area contributed by atoms with Gasteiger partial charge in [0.1, 0.15) is 0 Å². The lowest BCUT2D eigenvalue weighted by molar-refractivity contribution is 1.09. The van der Waals surface area contributed by atoms with Crippen LogP contribution in [0.1, 0.15) is 23.3 Å². The number of hydrogen-bond acceptors (Lipinski definition) is 1. The molecule has 0 N–H and O–H groups in total. The van der Waals surface area contributed by atoms with E-state index in [1.54, 1.807) is 0 Å². The topological polar surface area (TPSA) is 0 Å². The smallest absolute Gasteiger partial charge is 0.0322 e. The summed E-state index contributed by atoms with van der Waals surface area (Å²) >= 11 is 1.88. The van der Waals surface area contributed by atoms with Crippen LogP contribution >= 0.6 is 11.8 Å². The number of rotatable bonds is 4. The molecule has 0 aliphatic heterocycles. The third kappa shape index (κ3) is 3.01. The molecule has 1 heteroatoms. The normalized spacial score (nSPS) is 12.1. The van der Waals surface area contributed by atoms with Crippen molar-refractivity contribution in [1.29, 1.82) is 0 Å². The molecule has 1 atom stereocenters. The van der Waals surface area contributed by atoms with Crippen LogP contribution in [-0.2, 0) is 0 Å². The van der Waals surface area contributed by atoms with Crippen LogP contribution < -0.4 is 0 Å². The summed E-state index contributed by atoms with van der Waals surface area (Å²) in [5.41, 5.74) is 2.57. The van der Waals surface area contributed by atoms with E-state index >= 15 is 0 Å². The minimum atomic E-state index is 0.437. The zero-order valence-electron chi connectivity index (χ0n) is 9.97. The fourth-order valence-corrected chi connectivity index (χ4v) is 2.90. The van der Waals surface area contributed by atoms with Crippen LogP contribution in [0.3, 0.4) is 0 Å². The number of hydrogen-bond donors (Lipinski definition) is 0. The first kappa shape index (κ1) is 12.0. The highest BCUT2D eigenvalue weighted by atomic mass is 32.2. The predicted molar refractivity (Wildman–Crippen MR) is 77.2 cm³/mol. The van der Waals surface area contributed by atoms with Crippen LogP contribution in [0.4, 0.5) is 0 Å². The van der Waals surface area contributed by atoms with Crippen LogP contribution in [0.2, 0.25) is 0 Å². The van der Waals surface area contributed by atoms with Crippen molar-refractivity contribution in [3.63, 3.8) is 0 Å². The Kier molecular flexibility index (Phi) is 4.05. The molecule has 0 spiro atoms. The van der Waals surface area contributed by atoms with Crippen molar-refractivity contribution in [3.8, 4) is 0 Å². The second-order valence-electron chi connectivity index (χ2n) is 3.91. The molecule has 1 unspecified atom stereocenters. The van der Waals surface area contributed by atoms with E-state index in [0.29, 0.717) is 5.25 Å². The van der Waals surface area contributed by atoms with Crippen LogP contribution in [0.25, 0.3) is 6.08 Å². The Hall–Kier alpha value is -1.47. The molecule has 0 heterocycles. The molecule has 0 aliphatic carbocycles. The van der Waals surface area contributed by atoms with Crippen LogP contribution in [-0.4, -0.2) is 0 Å². The average molecular weight is 240 g/mol. The third-order valence-electron chi connectivity index (χ3n) is 2.71. The van der Waals surface area contributed by atoms with Gasteiger partial charge in [0.25, 0.3) is 0 Å². The zero-order chi connectivity index (χ0) is 12.1. The summed E-state index contributed by atoms with van der Waals surface area (Å²) in [4.78, 5) is 1.30. The van der Waals surface area contributed by atoms with E-state index in [4.69, 9.17) is 0 Å². The molecular weight excluding hydrogens is 224 g/mol. The number of thioether (sulfide) groups is 1. The minimum absolute atomic E-state index is 0.437. The van der Waals surface area contributed by atoms with Gasteiger partial charge in [-0.25, -0.2) is 0 Å². The summed E-state index contributed by atoms with van der Waals surface area (Å²) in [5, 5.41) is 0.437. The van der Waals surface area contributed by atoms with Gasteiger partial charge in [-0.2, -0.15) is 0 Å². The first-order valence-corrected chi connectivity index (χ1v) is 6.62. The van der Waals surface area contributed by atoms with Crippen molar-refractivity contribution >= 4 is 17.8 Å². The molecule has 0 aromatic heterocycles. The van der Waals surface area contributed by atoms with Gasteiger partial charge in [0.15, 0.2) is 0 Å². The van der Waals surface area contributed by atoms with Crippen molar-refractivity contribution in [2.75, 3.05) is 0 Å².